The second-order valence-electron chi connectivity index (χ2n) is 4.54. The number of carbonyl (C=O) groups is 1. The predicted octanol–water partition coefficient (Wildman–Crippen LogP) is 1.38. The second kappa shape index (κ2) is 6.31. The van der Waals surface area contributed by atoms with Crippen molar-refractivity contribution < 1.29 is 9.90 Å². The fourth-order valence-electron chi connectivity index (χ4n) is 2.08. The Morgan fingerprint density at radius 2 is 1.95 bits per heavy atom. The third-order valence-electron chi connectivity index (χ3n) is 3.13. The van der Waals surface area contributed by atoms with Gasteiger partial charge in [0.25, 0.3) is 0 Å². The molecule has 0 heterocycles. The number of hydrogen-bond acceptors (Lipinski definition) is 3. The molecule has 4 nitrogen and oxygen atoms in total. The molecule has 2 rings (SSSR count). The van der Waals surface area contributed by atoms with E-state index in [4.69, 9.17) is 10.8 Å². The Hall–Kier alpha value is -1.91. The predicted molar refractivity (Wildman–Crippen MR) is 76.1 cm³/mol. The summed E-state index contributed by atoms with van der Waals surface area (Å²) in [5.74, 6) is -0.974. The van der Waals surface area contributed by atoms with Crippen molar-refractivity contribution in [2.45, 2.75) is 12.5 Å². The molecule has 2 aromatic rings. The van der Waals surface area contributed by atoms with Gasteiger partial charge in [-0.1, -0.05) is 42.5 Å². The van der Waals surface area contributed by atoms with E-state index in [2.05, 4.69) is 29.6 Å². The standard InChI is InChI=1S/C15H18N2O2/c16-14(15(18)19)10-17-9-8-12-6-3-5-11-4-1-2-7-13(11)12/h1-7,14,17H,8-10,16H2,(H,18,19). The maximum atomic E-state index is 10.6. The average Bonchev–Trinajstić information content (AvgIpc) is 2.43. The fourth-order valence-corrected chi connectivity index (χ4v) is 2.08. The summed E-state index contributed by atoms with van der Waals surface area (Å²) in [7, 11) is 0. The highest BCUT2D eigenvalue weighted by Crippen LogP contribution is 2.18. The molecule has 0 aliphatic rings. The zero-order chi connectivity index (χ0) is 13.7. The van der Waals surface area contributed by atoms with Gasteiger partial charge in [-0.2, -0.15) is 0 Å². The minimum Gasteiger partial charge on any atom is -0.480 e. The first-order valence-corrected chi connectivity index (χ1v) is 6.34. The number of hydrogen-bond donors (Lipinski definition) is 3. The number of benzene rings is 2. The smallest absolute Gasteiger partial charge is 0.321 e. The van der Waals surface area contributed by atoms with Crippen LogP contribution in [0, 0.1) is 0 Å². The van der Waals surface area contributed by atoms with E-state index in [1.807, 2.05) is 18.2 Å². The Balaban J connectivity index is 1.93. The number of fused-ring (bicyclic) bond motifs is 1. The topological polar surface area (TPSA) is 75.3 Å². The van der Waals surface area contributed by atoms with Crippen molar-refractivity contribution in [1.29, 1.82) is 0 Å². The van der Waals surface area contributed by atoms with Gasteiger partial charge in [-0.05, 0) is 29.3 Å². The van der Waals surface area contributed by atoms with Crippen LogP contribution >= 0.6 is 0 Å². The molecule has 0 aliphatic carbocycles. The lowest BCUT2D eigenvalue weighted by molar-refractivity contribution is -0.138. The minimum absolute atomic E-state index is 0.292. The summed E-state index contributed by atoms with van der Waals surface area (Å²) in [4.78, 5) is 10.6. The van der Waals surface area contributed by atoms with E-state index >= 15 is 0 Å². The molecule has 2 aromatic carbocycles. The van der Waals surface area contributed by atoms with E-state index < -0.39 is 12.0 Å². The molecule has 100 valence electrons. The van der Waals surface area contributed by atoms with Gasteiger partial charge in [0.1, 0.15) is 6.04 Å². The normalized spacial score (nSPS) is 12.5. The van der Waals surface area contributed by atoms with Gasteiger partial charge in [-0.25, -0.2) is 0 Å². The summed E-state index contributed by atoms with van der Waals surface area (Å²) in [5.41, 5.74) is 6.68. The van der Waals surface area contributed by atoms with Gasteiger partial charge < -0.3 is 16.2 Å². The second-order valence-corrected chi connectivity index (χ2v) is 4.54. The lowest BCUT2D eigenvalue weighted by atomic mass is 10.0. The van der Waals surface area contributed by atoms with E-state index in [-0.39, 0.29) is 0 Å². The molecule has 0 fully saturated rings. The highest BCUT2D eigenvalue weighted by molar-refractivity contribution is 5.85. The van der Waals surface area contributed by atoms with Crippen LogP contribution in [-0.4, -0.2) is 30.2 Å². The summed E-state index contributed by atoms with van der Waals surface area (Å²) < 4.78 is 0. The fraction of sp³-hybridized carbons (Fsp3) is 0.267. The highest BCUT2D eigenvalue weighted by Gasteiger charge is 2.09. The van der Waals surface area contributed by atoms with Crippen molar-refractivity contribution >= 4 is 16.7 Å². The van der Waals surface area contributed by atoms with Crippen LogP contribution in [0.3, 0.4) is 0 Å². The van der Waals surface area contributed by atoms with Crippen molar-refractivity contribution in [2.24, 2.45) is 5.73 Å². The van der Waals surface area contributed by atoms with Crippen molar-refractivity contribution in [3.8, 4) is 0 Å². The van der Waals surface area contributed by atoms with Crippen molar-refractivity contribution in [3.05, 3.63) is 48.0 Å². The van der Waals surface area contributed by atoms with Crippen LogP contribution in [0.2, 0.25) is 0 Å². The Morgan fingerprint density at radius 1 is 1.21 bits per heavy atom. The van der Waals surface area contributed by atoms with E-state index in [0.717, 1.165) is 13.0 Å². The average molecular weight is 258 g/mol. The third-order valence-corrected chi connectivity index (χ3v) is 3.13. The third kappa shape index (κ3) is 3.53. The van der Waals surface area contributed by atoms with E-state index in [0.29, 0.717) is 6.54 Å². The molecule has 0 spiro atoms. The quantitative estimate of drug-likeness (QED) is 0.684. The summed E-state index contributed by atoms with van der Waals surface area (Å²) in [6.07, 6.45) is 0.855. The molecular weight excluding hydrogens is 240 g/mol. The van der Waals surface area contributed by atoms with Crippen molar-refractivity contribution in [2.75, 3.05) is 13.1 Å². The maximum Gasteiger partial charge on any atom is 0.321 e. The summed E-state index contributed by atoms with van der Waals surface area (Å²) >= 11 is 0. The van der Waals surface area contributed by atoms with Gasteiger partial charge in [0, 0.05) is 6.54 Å². The minimum atomic E-state index is -0.974. The van der Waals surface area contributed by atoms with Gasteiger partial charge in [-0.15, -0.1) is 0 Å². The number of carboxylic acid groups (broad SMARTS) is 1. The largest absolute Gasteiger partial charge is 0.480 e. The lowest BCUT2D eigenvalue weighted by Crippen LogP contribution is -2.40. The Labute approximate surface area is 112 Å². The van der Waals surface area contributed by atoms with E-state index in [1.165, 1.54) is 16.3 Å². The highest BCUT2D eigenvalue weighted by atomic mass is 16.4. The number of aliphatic carboxylic acids is 1. The molecule has 1 unspecified atom stereocenters. The zero-order valence-corrected chi connectivity index (χ0v) is 10.7. The Bertz CT molecular complexity index is 564. The number of nitrogens with two attached hydrogens (primary N) is 1. The lowest BCUT2D eigenvalue weighted by Gasteiger charge is -2.09. The molecule has 19 heavy (non-hydrogen) atoms. The molecule has 0 saturated heterocycles. The molecule has 0 amide bonds. The first kappa shape index (κ1) is 13.5. The summed E-state index contributed by atoms with van der Waals surface area (Å²) in [6, 6.07) is 13.6. The SMILES string of the molecule is NC(CNCCc1cccc2ccccc12)C(=O)O. The van der Waals surface area contributed by atoms with Gasteiger partial charge in [0.05, 0.1) is 0 Å². The number of nitrogens with one attached hydrogen (secondary N) is 1. The maximum absolute atomic E-state index is 10.6. The first-order valence-electron chi connectivity index (χ1n) is 6.34. The monoisotopic (exact) mass is 258 g/mol. The molecule has 0 saturated carbocycles. The van der Waals surface area contributed by atoms with E-state index in [1.54, 1.807) is 0 Å². The molecular formula is C15H18N2O2. The van der Waals surface area contributed by atoms with Crippen LogP contribution in [0.15, 0.2) is 42.5 Å². The number of carboxylic acids is 1. The van der Waals surface area contributed by atoms with Gasteiger partial charge >= 0.3 is 5.97 Å². The summed E-state index contributed by atoms with van der Waals surface area (Å²) in [5, 5.41) is 14.2. The molecule has 4 heteroatoms. The molecule has 0 aromatic heterocycles. The molecule has 0 radical (unpaired) electrons. The van der Waals surface area contributed by atoms with E-state index in [9.17, 15) is 4.79 Å². The first-order chi connectivity index (χ1) is 9.18. The van der Waals surface area contributed by atoms with Crippen LogP contribution < -0.4 is 11.1 Å². The van der Waals surface area contributed by atoms with Gasteiger partial charge in [0.15, 0.2) is 0 Å². The van der Waals surface area contributed by atoms with Crippen molar-refractivity contribution in [1.82, 2.24) is 5.32 Å². The molecule has 0 aliphatic heterocycles. The Morgan fingerprint density at radius 3 is 2.74 bits per heavy atom. The molecule has 1 atom stereocenters. The van der Waals surface area contributed by atoms with Crippen LogP contribution in [0.1, 0.15) is 5.56 Å². The van der Waals surface area contributed by atoms with Crippen LogP contribution in [-0.2, 0) is 11.2 Å². The summed E-state index contributed by atoms with van der Waals surface area (Å²) in [6.45, 7) is 1.01. The van der Waals surface area contributed by atoms with Crippen LogP contribution in [0.5, 0.6) is 0 Å². The van der Waals surface area contributed by atoms with Gasteiger partial charge in [0.2, 0.25) is 0 Å². The molecule has 0 bridgehead atoms. The Kier molecular flexibility index (Phi) is 4.49. The molecule has 4 N–H and O–H groups in total. The van der Waals surface area contributed by atoms with Crippen molar-refractivity contribution in [3.63, 3.8) is 0 Å². The van der Waals surface area contributed by atoms with Crippen LogP contribution in [0.4, 0.5) is 0 Å². The zero-order valence-electron chi connectivity index (χ0n) is 10.7. The van der Waals surface area contributed by atoms with Gasteiger partial charge in [-0.3, -0.25) is 4.79 Å². The van der Waals surface area contributed by atoms with Crippen LogP contribution in [0.25, 0.3) is 10.8 Å². The number of rotatable bonds is 6.